The van der Waals surface area contributed by atoms with Crippen LogP contribution in [0.1, 0.15) is 24.3 Å². The predicted octanol–water partition coefficient (Wildman–Crippen LogP) is 2.07. The topological polar surface area (TPSA) is 57.8 Å². The van der Waals surface area contributed by atoms with Gasteiger partial charge in [-0.1, -0.05) is 0 Å². The standard InChI is InChI=1S/C11H14BrN3O/c1-11(2,6-13)7-14-10(16)9-4-8(12)5-15(9)3/h4-5H,7H2,1-3H3,(H,14,16). The fraction of sp³-hybridized carbons (Fsp3) is 0.455. The molecule has 0 spiro atoms. The van der Waals surface area contributed by atoms with E-state index < -0.39 is 5.41 Å². The van der Waals surface area contributed by atoms with Gasteiger partial charge in [0, 0.05) is 24.3 Å². The van der Waals surface area contributed by atoms with Crippen LogP contribution in [0, 0.1) is 16.7 Å². The van der Waals surface area contributed by atoms with Crippen molar-refractivity contribution in [3.63, 3.8) is 0 Å². The maximum absolute atomic E-state index is 11.8. The first-order valence-electron chi connectivity index (χ1n) is 4.87. The second kappa shape index (κ2) is 4.71. The Morgan fingerprint density at radius 1 is 1.69 bits per heavy atom. The summed E-state index contributed by atoms with van der Waals surface area (Å²) in [5, 5.41) is 11.6. The van der Waals surface area contributed by atoms with Crippen LogP contribution in [0.2, 0.25) is 0 Å². The molecule has 0 aliphatic carbocycles. The predicted molar refractivity (Wildman–Crippen MR) is 64.8 cm³/mol. The van der Waals surface area contributed by atoms with Crippen LogP contribution in [0.5, 0.6) is 0 Å². The van der Waals surface area contributed by atoms with Crippen LogP contribution in [0.3, 0.4) is 0 Å². The van der Waals surface area contributed by atoms with Crippen LogP contribution in [-0.2, 0) is 7.05 Å². The van der Waals surface area contributed by atoms with Gasteiger partial charge in [-0.25, -0.2) is 0 Å². The molecule has 0 saturated heterocycles. The van der Waals surface area contributed by atoms with E-state index in [1.807, 2.05) is 6.20 Å². The number of aryl methyl sites for hydroxylation is 1. The molecule has 0 aromatic carbocycles. The molecule has 86 valence electrons. The minimum Gasteiger partial charge on any atom is -0.349 e. The van der Waals surface area contributed by atoms with Crippen molar-refractivity contribution in [3.8, 4) is 6.07 Å². The molecular formula is C11H14BrN3O. The normalized spacial score (nSPS) is 10.9. The Labute approximate surface area is 103 Å². The molecule has 1 heterocycles. The highest BCUT2D eigenvalue weighted by Gasteiger charge is 2.19. The summed E-state index contributed by atoms with van der Waals surface area (Å²) in [5.41, 5.74) is 0.0264. The lowest BCUT2D eigenvalue weighted by molar-refractivity contribution is 0.0935. The van der Waals surface area contributed by atoms with E-state index in [0.717, 1.165) is 4.47 Å². The zero-order valence-electron chi connectivity index (χ0n) is 9.54. The number of nitrogens with one attached hydrogen (secondary N) is 1. The van der Waals surface area contributed by atoms with Crippen LogP contribution in [0.25, 0.3) is 0 Å². The number of nitriles is 1. The van der Waals surface area contributed by atoms with Gasteiger partial charge in [-0.2, -0.15) is 5.26 Å². The first kappa shape index (κ1) is 12.8. The van der Waals surface area contributed by atoms with E-state index in [9.17, 15) is 4.79 Å². The van der Waals surface area contributed by atoms with E-state index in [-0.39, 0.29) is 5.91 Å². The van der Waals surface area contributed by atoms with Gasteiger partial charge >= 0.3 is 0 Å². The van der Waals surface area contributed by atoms with Gasteiger partial charge in [0.15, 0.2) is 0 Å². The largest absolute Gasteiger partial charge is 0.349 e. The molecular weight excluding hydrogens is 270 g/mol. The molecule has 4 nitrogen and oxygen atoms in total. The van der Waals surface area contributed by atoms with Crippen molar-refractivity contribution in [1.29, 1.82) is 5.26 Å². The zero-order chi connectivity index (χ0) is 12.3. The van der Waals surface area contributed by atoms with Gasteiger partial charge in [-0.3, -0.25) is 4.79 Å². The first-order chi connectivity index (χ1) is 7.35. The molecule has 0 saturated carbocycles. The lowest BCUT2D eigenvalue weighted by Crippen LogP contribution is -2.33. The number of amides is 1. The summed E-state index contributed by atoms with van der Waals surface area (Å²) >= 11 is 3.30. The van der Waals surface area contributed by atoms with Crippen LogP contribution in [0.15, 0.2) is 16.7 Å². The van der Waals surface area contributed by atoms with E-state index in [1.54, 1.807) is 31.5 Å². The first-order valence-corrected chi connectivity index (χ1v) is 5.66. The molecule has 1 amide bonds. The van der Waals surface area contributed by atoms with Gasteiger partial charge in [0.1, 0.15) is 5.69 Å². The molecule has 0 radical (unpaired) electrons. The lowest BCUT2D eigenvalue weighted by Gasteiger charge is -2.15. The summed E-state index contributed by atoms with van der Waals surface area (Å²) in [4.78, 5) is 11.8. The smallest absolute Gasteiger partial charge is 0.267 e. The van der Waals surface area contributed by atoms with Crippen molar-refractivity contribution >= 4 is 21.8 Å². The van der Waals surface area contributed by atoms with E-state index in [4.69, 9.17) is 5.26 Å². The number of aromatic nitrogens is 1. The quantitative estimate of drug-likeness (QED) is 0.923. The third-order valence-corrected chi connectivity index (χ3v) is 2.63. The number of carbonyl (C=O) groups excluding carboxylic acids is 1. The van der Waals surface area contributed by atoms with E-state index >= 15 is 0 Å². The number of carbonyl (C=O) groups is 1. The Hall–Kier alpha value is -1.28. The number of hydrogen-bond acceptors (Lipinski definition) is 2. The van der Waals surface area contributed by atoms with Crippen LogP contribution in [-0.4, -0.2) is 17.0 Å². The number of hydrogen-bond donors (Lipinski definition) is 1. The molecule has 5 heteroatoms. The molecule has 0 unspecified atom stereocenters. The molecule has 1 aromatic heterocycles. The summed E-state index contributed by atoms with van der Waals surface area (Å²) < 4.78 is 2.60. The van der Waals surface area contributed by atoms with Gasteiger partial charge in [0.25, 0.3) is 5.91 Å². The van der Waals surface area contributed by atoms with E-state index in [2.05, 4.69) is 27.3 Å². The molecule has 1 N–H and O–H groups in total. The Balaban J connectivity index is 2.68. The SMILES string of the molecule is Cn1cc(Br)cc1C(=O)NCC(C)(C)C#N. The summed E-state index contributed by atoms with van der Waals surface area (Å²) in [6.45, 7) is 3.91. The fourth-order valence-corrected chi connectivity index (χ4v) is 1.71. The lowest BCUT2D eigenvalue weighted by atomic mass is 9.96. The van der Waals surface area contributed by atoms with Crippen molar-refractivity contribution in [3.05, 3.63) is 22.4 Å². The van der Waals surface area contributed by atoms with Crippen molar-refractivity contribution in [2.24, 2.45) is 12.5 Å². The van der Waals surface area contributed by atoms with Crippen molar-refractivity contribution < 1.29 is 4.79 Å². The summed E-state index contributed by atoms with van der Waals surface area (Å²) in [6.07, 6.45) is 1.81. The Morgan fingerprint density at radius 3 is 2.75 bits per heavy atom. The molecule has 0 atom stereocenters. The molecule has 1 aromatic rings. The number of halogens is 1. The fourth-order valence-electron chi connectivity index (χ4n) is 1.18. The minimum atomic E-state index is -0.544. The average Bonchev–Trinajstić information content (AvgIpc) is 2.54. The average molecular weight is 284 g/mol. The number of rotatable bonds is 3. The number of nitrogens with zero attached hydrogens (tertiary/aromatic N) is 2. The van der Waals surface area contributed by atoms with Crippen LogP contribution >= 0.6 is 15.9 Å². The highest BCUT2D eigenvalue weighted by molar-refractivity contribution is 9.10. The van der Waals surface area contributed by atoms with Crippen molar-refractivity contribution in [1.82, 2.24) is 9.88 Å². The third kappa shape index (κ3) is 3.11. The molecule has 0 bridgehead atoms. The molecule has 0 aliphatic rings. The highest BCUT2D eigenvalue weighted by Crippen LogP contribution is 2.15. The second-order valence-electron chi connectivity index (χ2n) is 4.33. The molecule has 0 fully saturated rings. The Morgan fingerprint density at radius 2 is 2.31 bits per heavy atom. The monoisotopic (exact) mass is 283 g/mol. The van der Waals surface area contributed by atoms with Gasteiger partial charge in [-0.15, -0.1) is 0 Å². The summed E-state index contributed by atoms with van der Waals surface area (Å²) in [6, 6.07) is 3.88. The third-order valence-electron chi connectivity index (χ3n) is 2.20. The Bertz CT molecular complexity index is 443. The van der Waals surface area contributed by atoms with Crippen LogP contribution in [0.4, 0.5) is 0 Å². The molecule has 16 heavy (non-hydrogen) atoms. The van der Waals surface area contributed by atoms with Crippen molar-refractivity contribution in [2.45, 2.75) is 13.8 Å². The van der Waals surface area contributed by atoms with Gasteiger partial charge in [0.05, 0.1) is 11.5 Å². The van der Waals surface area contributed by atoms with Gasteiger partial charge < -0.3 is 9.88 Å². The zero-order valence-corrected chi connectivity index (χ0v) is 11.1. The Kier molecular flexibility index (Phi) is 3.76. The maximum atomic E-state index is 11.8. The summed E-state index contributed by atoms with van der Waals surface area (Å²) in [7, 11) is 1.80. The minimum absolute atomic E-state index is 0.170. The van der Waals surface area contributed by atoms with E-state index in [1.165, 1.54) is 0 Å². The maximum Gasteiger partial charge on any atom is 0.267 e. The van der Waals surface area contributed by atoms with Gasteiger partial charge in [0.2, 0.25) is 0 Å². The summed E-state index contributed by atoms with van der Waals surface area (Å²) in [5.74, 6) is -0.170. The highest BCUT2D eigenvalue weighted by atomic mass is 79.9. The molecule has 0 aliphatic heterocycles. The van der Waals surface area contributed by atoms with E-state index in [0.29, 0.717) is 12.2 Å². The van der Waals surface area contributed by atoms with Crippen LogP contribution < -0.4 is 5.32 Å². The molecule has 1 rings (SSSR count). The van der Waals surface area contributed by atoms with Gasteiger partial charge in [-0.05, 0) is 35.8 Å². The second-order valence-corrected chi connectivity index (χ2v) is 5.25. The van der Waals surface area contributed by atoms with Crippen molar-refractivity contribution in [2.75, 3.05) is 6.54 Å².